The Labute approximate surface area is 130 Å². The highest BCUT2D eigenvalue weighted by Crippen LogP contribution is 2.27. The van der Waals surface area contributed by atoms with E-state index < -0.39 is 0 Å². The molecule has 0 bridgehead atoms. The van der Waals surface area contributed by atoms with Crippen molar-refractivity contribution in [2.24, 2.45) is 0 Å². The van der Waals surface area contributed by atoms with Crippen molar-refractivity contribution in [1.29, 1.82) is 0 Å². The van der Waals surface area contributed by atoms with Crippen LogP contribution in [0.4, 0.5) is 0 Å². The van der Waals surface area contributed by atoms with Crippen LogP contribution in [0.2, 0.25) is 0 Å². The minimum absolute atomic E-state index is 0.254. The van der Waals surface area contributed by atoms with Crippen LogP contribution in [0.3, 0.4) is 0 Å². The van der Waals surface area contributed by atoms with Gasteiger partial charge >= 0.3 is 0 Å². The average molecular weight is 306 g/mol. The molecule has 1 heterocycles. The van der Waals surface area contributed by atoms with Gasteiger partial charge in [0.15, 0.2) is 0 Å². The van der Waals surface area contributed by atoms with E-state index in [4.69, 9.17) is 4.74 Å². The molecule has 4 nitrogen and oxygen atoms in total. The van der Waals surface area contributed by atoms with Gasteiger partial charge in [0, 0.05) is 24.0 Å². The van der Waals surface area contributed by atoms with Gasteiger partial charge < -0.3 is 14.7 Å². The lowest BCUT2D eigenvalue weighted by Crippen LogP contribution is -2.22. The van der Waals surface area contributed by atoms with E-state index in [2.05, 4.69) is 15.3 Å². The zero-order valence-corrected chi connectivity index (χ0v) is 13.6. The fourth-order valence-corrected chi connectivity index (χ4v) is 2.84. The monoisotopic (exact) mass is 306 g/mol. The van der Waals surface area contributed by atoms with Crippen molar-refractivity contribution in [2.75, 3.05) is 20.7 Å². The Morgan fingerprint density at radius 2 is 2.24 bits per heavy atom. The van der Waals surface area contributed by atoms with Crippen molar-refractivity contribution >= 4 is 11.3 Å². The fraction of sp³-hybridized carbons (Fsp3) is 0.438. The van der Waals surface area contributed by atoms with Gasteiger partial charge in [-0.15, -0.1) is 11.3 Å². The highest BCUT2D eigenvalue weighted by atomic mass is 32.1. The lowest BCUT2D eigenvalue weighted by atomic mass is 10.2. The number of aliphatic hydroxyl groups excluding tert-OH is 1. The summed E-state index contributed by atoms with van der Waals surface area (Å²) < 4.78 is 5.25. The summed E-state index contributed by atoms with van der Waals surface area (Å²) in [5, 5.41) is 12.4. The minimum Gasteiger partial charge on any atom is -0.497 e. The Hall–Kier alpha value is -1.43. The third-order valence-corrected chi connectivity index (χ3v) is 4.17. The van der Waals surface area contributed by atoms with E-state index >= 15 is 0 Å². The van der Waals surface area contributed by atoms with E-state index in [-0.39, 0.29) is 6.10 Å². The molecule has 0 radical (unpaired) electrons. The number of ether oxygens (including phenoxy) is 1. The fourth-order valence-electron chi connectivity index (χ4n) is 2.03. The van der Waals surface area contributed by atoms with E-state index in [1.165, 1.54) is 0 Å². The lowest BCUT2D eigenvalue weighted by molar-refractivity contribution is 0.162. The summed E-state index contributed by atoms with van der Waals surface area (Å²) in [5.41, 5.74) is 2.14. The lowest BCUT2D eigenvalue weighted by Gasteiger charge is -2.15. The zero-order chi connectivity index (χ0) is 15.2. The van der Waals surface area contributed by atoms with Crippen LogP contribution >= 0.6 is 11.3 Å². The standard InChI is InChI=1S/C16H22N2O2S/c1-12(19)7-8-18(2)10-14-11-21-16(17-14)13-5-4-6-15(9-13)20-3/h4-6,9,11-12,19H,7-8,10H2,1-3H3. The summed E-state index contributed by atoms with van der Waals surface area (Å²) in [6, 6.07) is 7.95. The Morgan fingerprint density at radius 1 is 1.43 bits per heavy atom. The summed E-state index contributed by atoms with van der Waals surface area (Å²) in [5.74, 6) is 0.846. The van der Waals surface area contributed by atoms with Crippen LogP contribution in [0.1, 0.15) is 19.0 Å². The number of rotatable bonds is 7. The summed E-state index contributed by atoms with van der Waals surface area (Å²) in [6.07, 6.45) is 0.527. The molecule has 1 atom stereocenters. The van der Waals surface area contributed by atoms with Gasteiger partial charge in [0.2, 0.25) is 0 Å². The van der Waals surface area contributed by atoms with Gasteiger partial charge in [-0.3, -0.25) is 0 Å². The molecule has 5 heteroatoms. The van der Waals surface area contributed by atoms with Gasteiger partial charge in [-0.2, -0.15) is 0 Å². The number of aliphatic hydroxyl groups is 1. The number of benzene rings is 1. The van der Waals surface area contributed by atoms with Gasteiger partial charge in [-0.1, -0.05) is 12.1 Å². The van der Waals surface area contributed by atoms with Crippen LogP contribution in [0.5, 0.6) is 5.75 Å². The van der Waals surface area contributed by atoms with Gasteiger partial charge in [0.1, 0.15) is 10.8 Å². The number of nitrogens with zero attached hydrogens (tertiary/aromatic N) is 2. The molecule has 114 valence electrons. The number of hydrogen-bond donors (Lipinski definition) is 1. The third-order valence-electron chi connectivity index (χ3n) is 3.23. The first-order valence-electron chi connectivity index (χ1n) is 7.04. The molecule has 0 amide bonds. The van der Waals surface area contributed by atoms with Gasteiger partial charge in [0.05, 0.1) is 18.9 Å². The normalized spacial score (nSPS) is 12.6. The Morgan fingerprint density at radius 3 is 2.95 bits per heavy atom. The highest BCUT2D eigenvalue weighted by Gasteiger charge is 2.08. The molecule has 21 heavy (non-hydrogen) atoms. The third kappa shape index (κ3) is 4.81. The predicted molar refractivity (Wildman–Crippen MR) is 86.7 cm³/mol. The first-order valence-corrected chi connectivity index (χ1v) is 7.92. The Kier molecular flexibility index (Phi) is 5.73. The average Bonchev–Trinajstić information content (AvgIpc) is 2.93. The van der Waals surface area contributed by atoms with Gasteiger partial charge in [-0.05, 0) is 32.5 Å². The van der Waals surface area contributed by atoms with Crippen molar-refractivity contribution in [3.63, 3.8) is 0 Å². The Bertz CT molecular complexity index is 569. The molecule has 0 saturated heterocycles. The molecule has 0 aliphatic rings. The van der Waals surface area contributed by atoms with E-state index in [0.29, 0.717) is 0 Å². The maximum absolute atomic E-state index is 9.32. The van der Waals surface area contributed by atoms with Crippen LogP contribution in [-0.4, -0.2) is 41.8 Å². The Balaban J connectivity index is 2.00. The topological polar surface area (TPSA) is 45.6 Å². The van der Waals surface area contributed by atoms with Crippen LogP contribution in [0.25, 0.3) is 10.6 Å². The van der Waals surface area contributed by atoms with E-state index in [1.807, 2.05) is 38.2 Å². The minimum atomic E-state index is -0.254. The molecule has 2 rings (SSSR count). The number of methoxy groups -OCH3 is 1. The first-order chi connectivity index (χ1) is 10.1. The van der Waals surface area contributed by atoms with Crippen molar-refractivity contribution < 1.29 is 9.84 Å². The second kappa shape index (κ2) is 7.54. The molecule has 1 N–H and O–H groups in total. The van der Waals surface area contributed by atoms with Crippen LogP contribution in [0, 0.1) is 0 Å². The van der Waals surface area contributed by atoms with E-state index in [0.717, 1.165) is 41.5 Å². The molecule has 2 aromatic rings. The van der Waals surface area contributed by atoms with Crippen molar-refractivity contribution in [2.45, 2.75) is 26.0 Å². The molecule has 0 saturated carbocycles. The predicted octanol–water partition coefficient (Wildman–Crippen LogP) is 3.02. The van der Waals surface area contributed by atoms with E-state index in [1.54, 1.807) is 18.4 Å². The molecule has 1 aromatic carbocycles. The quantitative estimate of drug-likeness (QED) is 0.854. The summed E-state index contributed by atoms with van der Waals surface area (Å²) in [4.78, 5) is 6.86. The summed E-state index contributed by atoms with van der Waals surface area (Å²) >= 11 is 1.65. The highest BCUT2D eigenvalue weighted by molar-refractivity contribution is 7.13. The molecule has 0 aliphatic heterocycles. The number of hydrogen-bond acceptors (Lipinski definition) is 5. The van der Waals surface area contributed by atoms with Crippen molar-refractivity contribution in [1.82, 2.24) is 9.88 Å². The van der Waals surface area contributed by atoms with Crippen LogP contribution in [-0.2, 0) is 6.54 Å². The maximum atomic E-state index is 9.32. The molecule has 0 spiro atoms. The molecule has 0 fully saturated rings. The number of thiazole rings is 1. The zero-order valence-electron chi connectivity index (χ0n) is 12.7. The maximum Gasteiger partial charge on any atom is 0.123 e. The van der Waals surface area contributed by atoms with E-state index in [9.17, 15) is 5.11 Å². The van der Waals surface area contributed by atoms with Gasteiger partial charge in [-0.25, -0.2) is 4.98 Å². The SMILES string of the molecule is COc1cccc(-c2nc(CN(C)CCC(C)O)cs2)c1. The summed E-state index contributed by atoms with van der Waals surface area (Å²) in [7, 11) is 3.72. The first kappa shape index (κ1) is 15.9. The second-order valence-corrected chi connectivity index (χ2v) is 6.11. The molecule has 0 aliphatic carbocycles. The smallest absolute Gasteiger partial charge is 0.123 e. The van der Waals surface area contributed by atoms with Crippen LogP contribution < -0.4 is 4.74 Å². The second-order valence-electron chi connectivity index (χ2n) is 5.25. The molecular formula is C16H22N2O2S. The molecular weight excluding hydrogens is 284 g/mol. The summed E-state index contributed by atoms with van der Waals surface area (Å²) in [6.45, 7) is 3.48. The van der Waals surface area contributed by atoms with Crippen molar-refractivity contribution in [3.8, 4) is 16.3 Å². The van der Waals surface area contributed by atoms with Crippen molar-refractivity contribution in [3.05, 3.63) is 35.3 Å². The number of aromatic nitrogens is 1. The largest absolute Gasteiger partial charge is 0.497 e. The molecule has 1 unspecified atom stereocenters. The van der Waals surface area contributed by atoms with Gasteiger partial charge in [0.25, 0.3) is 0 Å². The van der Waals surface area contributed by atoms with Crippen LogP contribution in [0.15, 0.2) is 29.6 Å². The molecule has 1 aromatic heterocycles.